The maximum Gasteiger partial charge on any atom is 0.164 e. The Labute approximate surface area is 203 Å². The van der Waals surface area contributed by atoms with E-state index in [-0.39, 0.29) is 0 Å². The van der Waals surface area contributed by atoms with Crippen molar-refractivity contribution in [1.29, 1.82) is 0 Å². The summed E-state index contributed by atoms with van der Waals surface area (Å²) in [6, 6.07) is 21.9. The predicted octanol–water partition coefficient (Wildman–Crippen LogP) is 7.50. The molecule has 0 N–H and O–H groups in total. The van der Waals surface area contributed by atoms with Crippen molar-refractivity contribution in [3.05, 3.63) is 83.4 Å². The summed E-state index contributed by atoms with van der Waals surface area (Å²) in [6.07, 6.45) is 0. The molecule has 0 atom stereocenters. The third-order valence-electron chi connectivity index (χ3n) is 3.92. The molecule has 138 valence electrons. The molecule has 1 aromatic heterocycles. The number of hydrogen-bond donors (Lipinski definition) is 0. The van der Waals surface area contributed by atoms with Crippen LogP contribution in [0.2, 0.25) is 5.02 Å². The fraction of sp³-hybridized carbons (Fsp3) is 0. The summed E-state index contributed by atoms with van der Waals surface area (Å²) in [5, 5.41) is 0.622. The van der Waals surface area contributed by atoms with E-state index >= 15 is 0 Å². The topological polar surface area (TPSA) is 38.7 Å². The van der Waals surface area contributed by atoms with Crippen LogP contribution in [0.15, 0.2) is 71.2 Å². The van der Waals surface area contributed by atoms with Crippen molar-refractivity contribution in [3.63, 3.8) is 0 Å². The number of hydrogen-bond acceptors (Lipinski definition) is 3. The van der Waals surface area contributed by atoms with Gasteiger partial charge in [-0.05, 0) is 87.6 Å². The van der Waals surface area contributed by atoms with Gasteiger partial charge in [-0.1, -0.05) is 51.8 Å². The van der Waals surface area contributed by atoms with Gasteiger partial charge in [0.05, 0.1) is 0 Å². The van der Waals surface area contributed by atoms with E-state index in [9.17, 15) is 0 Å². The van der Waals surface area contributed by atoms with Gasteiger partial charge in [0, 0.05) is 33.3 Å². The Hall–Kier alpha value is -1.10. The molecule has 0 radical (unpaired) electrons. The lowest BCUT2D eigenvalue weighted by atomic mass is 10.1. The van der Waals surface area contributed by atoms with Crippen molar-refractivity contribution in [2.45, 2.75) is 0 Å². The van der Waals surface area contributed by atoms with E-state index in [1.54, 1.807) is 0 Å². The number of aromatic nitrogens is 3. The van der Waals surface area contributed by atoms with Crippen LogP contribution in [0, 0.1) is 7.14 Å². The maximum atomic E-state index is 6.25. The molecule has 0 saturated heterocycles. The molecule has 0 amide bonds. The Bertz CT molecular complexity index is 1100. The molecule has 1 heterocycles. The van der Waals surface area contributed by atoms with Gasteiger partial charge in [-0.15, -0.1) is 0 Å². The van der Waals surface area contributed by atoms with Gasteiger partial charge in [-0.25, -0.2) is 15.0 Å². The highest BCUT2D eigenvalue weighted by molar-refractivity contribution is 14.1. The standard InChI is InChI=1S/C21H11BrClI2N3/c22-15-7-14(8-16(23)11-15)21-27-19(12-3-1-5-17(24)9-12)26-20(28-21)13-4-2-6-18(25)10-13/h1-11H. The monoisotopic (exact) mass is 673 g/mol. The fourth-order valence-corrected chi connectivity index (χ4v) is 4.65. The lowest BCUT2D eigenvalue weighted by Gasteiger charge is -2.09. The highest BCUT2D eigenvalue weighted by Gasteiger charge is 2.13. The third kappa shape index (κ3) is 4.72. The number of benzene rings is 3. The Kier molecular flexibility index (Phi) is 6.29. The van der Waals surface area contributed by atoms with E-state index in [1.807, 2.05) is 54.6 Å². The van der Waals surface area contributed by atoms with Crippen molar-refractivity contribution < 1.29 is 0 Å². The molecule has 0 aliphatic rings. The first-order valence-electron chi connectivity index (χ1n) is 8.22. The molecular weight excluding hydrogens is 663 g/mol. The average Bonchev–Trinajstić information content (AvgIpc) is 2.67. The largest absolute Gasteiger partial charge is 0.208 e. The van der Waals surface area contributed by atoms with Crippen LogP contribution in [0.1, 0.15) is 0 Å². The number of nitrogens with zero attached hydrogens (tertiary/aromatic N) is 3. The summed E-state index contributed by atoms with van der Waals surface area (Å²) in [7, 11) is 0. The van der Waals surface area contributed by atoms with Crippen LogP contribution < -0.4 is 0 Å². The van der Waals surface area contributed by atoms with Crippen LogP contribution in [0.5, 0.6) is 0 Å². The van der Waals surface area contributed by atoms with Gasteiger partial charge in [0.2, 0.25) is 0 Å². The molecule has 4 aromatic rings. The van der Waals surface area contributed by atoms with E-state index in [0.29, 0.717) is 22.5 Å². The van der Waals surface area contributed by atoms with E-state index in [4.69, 9.17) is 26.6 Å². The molecule has 0 fully saturated rings. The minimum atomic E-state index is 0.584. The first-order valence-corrected chi connectivity index (χ1v) is 11.6. The third-order valence-corrected chi connectivity index (χ3v) is 5.94. The summed E-state index contributed by atoms with van der Waals surface area (Å²) in [4.78, 5) is 14.2. The predicted molar refractivity (Wildman–Crippen MR) is 134 cm³/mol. The Morgan fingerprint density at radius 2 is 1.14 bits per heavy atom. The molecule has 7 heteroatoms. The summed E-state index contributed by atoms with van der Waals surface area (Å²) in [6.45, 7) is 0. The van der Waals surface area contributed by atoms with Gasteiger partial charge >= 0.3 is 0 Å². The smallest absolute Gasteiger partial charge is 0.164 e. The van der Waals surface area contributed by atoms with Crippen LogP contribution in [-0.4, -0.2) is 15.0 Å². The Balaban J connectivity index is 1.95. The normalized spacial score (nSPS) is 10.9. The van der Waals surface area contributed by atoms with E-state index < -0.39 is 0 Å². The van der Waals surface area contributed by atoms with Gasteiger partial charge < -0.3 is 0 Å². The molecule has 0 bridgehead atoms. The van der Waals surface area contributed by atoms with Crippen LogP contribution in [-0.2, 0) is 0 Å². The lowest BCUT2D eigenvalue weighted by molar-refractivity contribution is 1.07. The molecule has 0 unspecified atom stereocenters. The lowest BCUT2D eigenvalue weighted by Crippen LogP contribution is -2.00. The zero-order valence-electron chi connectivity index (χ0n) is 14.2. The van der Waals surface area contributed by atoms with Crippen molar-refractivity contribution in [2.75, 3.05) is 0 Å². The molecular formula is C21H11BrClI2N3. The van der Waals surface area contributed by atoms with Crippen LogP contribution in [0.4, 0.5) is 0 Å². The first-order chi connectivity index (χ1) is 13.5. The zero-order chi connectivity index (χ0) is 19.7. The zero-order valence-corrected chi connectivity index (χ0v) is 20.9. The summed E-state index contributed by atoms with van der Waals surface area (Å²) in [5.41, 5.74) is 2.73. The van der Waals surface area contributed by atoms with Crippen LogP contribution >= 0.6 is 72.7 Å². The van der Waals surface area contributed by atoms with Crippen molar-refractivity contribution in [1.82, 2.24) is 15.0 Å². The Morgan fingerprint density at radius 1 is 0.643 bits per heavy atom. The average molecular weight is 675 g/mol. The molecule has 0 spiro atoms. The molecule has 0 aliphatic carbocycles. The van der Waals surface area contributed by atoms with Crippen molar-refractivity contribution in [2.24, 2.45) is 0 Å². The van der Waals surface area contributed by atoms with E-state index in [1.165, 1.54) is 0 Å². The minimum Gasteiger partial charge on any atom is -0.208 e. The number of halogens is 4. The molecule has 0 aliphatic heterocycles. The quantitative estimate of drug-likeness (QED) is 0.212. The molecule has 4 rings (SSSR count). The van der Waals surface area contributed by atoms with E-state index in [2.05, 4.69) is 73.2 Å². The van der Waals surface area contributed by atoms with Crippen LogP contribution in [0.25, 0.3) is 34.2 Å². The Morgan fingerprint density at radius 3 is 1.61 bits per heavy atom. The maximum absolute atomic E-state index is 6.25. The van der Waals surface area contributed by atoms with Crippen molar-refractivity contribution in [3.8, 4) is 34.2 Å². The summed E-state index contributed by atoms with van der Waals surface area (Å²) in [5.74, 6) is 1.85. The second-order valence-electron chi connectivity index (χ2n) is 5.99. The molecule has 28 heavy (non-hydrogen) atoms. The molecule has 3 nitrogen and oxygen atoms in total. The second kappa shape index (κ2) is 8.73. The SMILES string of the molecule is Clc1cc(Br)cc(-c2nc(-c3cccc(I)c3)nc(-c3cccc(I)c3)n2)c1. The highest BCUT2D eigenvalue weighted by atomic mass is 127. The van der Waals surface area contributed by atoms with Gasteiger partial charge in [0.1, 0.15) is 0 Å². The van der Waals surface area contributed by atoms with Gasteiger partial charge in [-0.2, -0.15) is 0 Å². The summed E-state index contributed by atoms with van der Waals surface area (Å²) < 4.78 is 3.12. The molecule has 3 aromatic carbocycles. The van der Waals surface area contributed by atoms with Gasteiger partial charge in [-0.3, -0.25) is 0 Å². The first kappa shape index (κ1) is 20.2. The van der Waals surface area contributed by atoms with Gasteiger partial charge in [0.15, 0.2) is 17.5 Å². The number of rotatable bonds is 3. The second-order valence-corrected chi connectivity index (χ2v) is 9.83. The van der Waals surface area contributed by atoms with Crippen LogP contribution in [0.3, 0.4) is 0 Å². The van der Waals surface area contributed by atoms with E-state index in [0.717, 1.165) is 28.3 Å². The fourth-order valence-electron chi connectivity index (χ4n) is 2.70. The highest BCUT2D eigenvalue weighted by Crippen LogP contribution is 2.29. The summed E-state index contributed by atoms with van der Waals surface area (Å²) >= 11 is 14.3. The van der Waals surface area contributed by atoms with Gasteiger partial charge in [0.25, 0.3) is 0 Å². The minimum absolute atomic E-state index is 0.584. The van der Waals surface area contributed by atoms with Crippen molar-refractivity contribution >= 4 is 72.7 Å². The molecule has 0 saturated carbocycles.